The molecule has 0 aliphatic heterocycles. The highest BCUT2D eigenvalue weighted by Crippen LogP contribution is 2.47. The van der Waals surface area contributed by atoms with Gasteiger partial charge in [-0.25, -0.2) is 4.39 Å². The van der Waals surface area contributed by atoms with Crippen LogP contribution in [0.1, 0.15) is 30.4 Å². The highest BCUT2D eigenvalue weighted by atomic mass is 19.1. The van der Waals surface area contributed by atoms with E-state index >= 15 is 0 Å². The smallest absolute Gasteiger partial charge is 0.224 e. The van der Waals surface area contributed by atoms with Crippen LogP contribution < -0.4 is 5.32 Å². The molecule has 3 nitrogen and oxygen atoms in total. The summed E-state index contributed by atoms with van der Waals surface area (Å²) in [4.78, 5) is 12.3. The van der Waals surface area contributed by atoms with E-state index in [9.17, 15) is 14.3 Å². The Kier molecular flexibility index (Phi) is 4.95. The maximum Gasteiger partial charge on any atom is 0.224 e. The average molecular weight is 327 g/mol. The quantitative estimate of drug-likeness (QED) is 0.857. The summed E-state index contributed by atoms with van der Waals surface area (Å²) in [6, 6.07) is 15.7. The van der Waals surface area contributed by atoms with Crippen LogP contribution in [-0.2, 0) is 11.2 Å². The molecular weight excluding hydrogens is 305 g/mol. The van der Waals surface area contributed by atoms with Gasteiger partial charge in [0.15, 0.2) is 0 Å². The van der Waals surface area contributed by atoms with Gasteiger partial charge < -0.3 is 10.4 Å². The van der Waals surface area contributed by atoms with Gasteiger partial charge in [0.1, 0.15) is 5.82 Å². The Bertz CT molecular complexity index is 687. The van der Waals surface area contributed by atoms with Crippen molar-refractivity contribution < 1.29 is 14.3 Å². The number of nitrogens with one attached hydrogen (secondary N) is 1. The van der Waals surface area contributed by atoms with Crippen LogP contribution in [-0.4, -0.2) is 23.2 Å². The molecule has 1 amide bonds. The van der Waals surface area contributed by atoms with Gasteiger partial charge in [0.2, 0.25) is 5.91 Å². The minimum Gasteiger partial charge on any atom is -0.391 e. The Hall–Kier alpha value is -2.20. The standard InChI is InChI=1S/C20H22FNO2/c1-13(19(23)11-14-5-3-2-4-6-14)22-20(24)18-12-17(18)15-7-9-16(21)10-8-15/h2-10,13,17-19,23H,11-12H2,1H3,(H,22,24)/t13-,17-,18+,19-/m0/s1. The number of aliphatic hydroxyl groups is 1. The zero-order valence-electron chi connectivity index (χ0n) is 13.7. The lowest BCUT2D eigenvalue weighted by atomic mass is 10.0. The van der Waals surface area contributed by atoms with Crippen LogP contribution in [0.3, 0.4) is 0 Å². The molecule has 1 aliphatic carbocycles. The fourth-order valence-corrected chi connectivity index (χ4v) is 3.02. The van der Waals surface area contributed by atoms with Crippen LogP contribution in [0.25, 0.3) is 0 Å². The first-order valence-electron chi connectivity index (χ1n) is 8.32. The van der Waals surface area contributed by atoms with E-state index in [4.69, 9.17) is 0 Å². The number of halogens is 1. The normalized spacial score (nSPS) is 21.8. The number of hydrogen-bond acceptors (Lipinski definition) is 2. The SMILES string of the molecule is C[C@H](NC(=O)[C@@H]1C[C@H]1c1ccc(F)cc1)[C@@H](O)Cc1ccccc1. The lowest BCUT2D eigenvalue weighted by molar-refractivity contribution is -0.123. The number of hydrogen-bond donors (Lipinski definition) is 2. The van der Waals surface area contributed by atoms with E-state index in [2.05, 4.69) is 5.32 Å². The molecule has 1 saturated carbocycles. The third-order valence-electron chi connectivity index (χ3n) is 4.66. The van der Waals surface area contributed by atoms with Crippen molar-refractivity contribution in [3.8, 4) is 0 Å². The van der Waals surface area contributed by atoms with Crippen LogP contribution in [0.4, 0.5) is 4.39 Å². The molecule has 24 heavy (non-hydrogen) atoms. The van der Waals surface area contributed by atoms with Crippen molar-refractivity contribution in [3.05, 3.63) is 71.5 Å². The van der Waals surface area contributed by atoms with E-state index in [1.165, 1.54) is 12.1 Å². The number of aliphatic hydroxyl groups excluding tert-OH is 1. The Balaban J connectivity index is 1.51. The number of carbonyl (C=O) groups excluding carboxylic acids is 1. The Morgan fingerprint density at radius 1 is 1.21 bits per heavy atom. The second-order valence-electron chi connectivity index (χ2n) is 6.55. The summed E-state index contributed by atoms with van der Waals surface area (Å²) in [5, 5.41) is 13.2. The molecule has 4 heteroatoms. The molecule has 0 unspecified atom stereocenters. The third kappa shape index (κ3) is 4.01. The fraction of sp³-hybridized carbons (Fsp3) is 0.350. The van der Waals surface area contributed by atoms with Gasteiger partial charge in [-0.15, -0.1) is 0 Å². The fourth-order valence-electron chi connectivity index (χ4n) is 3.02. The third-order valence-corrected chi connectivity index (χ3v) is 4.66. The molecular formula is C20H22FNO2. The van der Waals surface area contributed by atoms with Gasteiger partial charge in [-0.2, -0.15) is 0 Å². The Labute approximate surface area is 141 Å². The van der Waals surface area contributed by atoms with Crippen molar-refractivity contribution in [2.75, 3.05) is 0 Å². The van der Waals surface area contributed by atoms with Crippen molar-refractivity contribution in [1.29, 1.82) is 0 Å². The van der Waals surface area contributed by atoms with E-state index in [0.29, 0.717) is 6.42 Å². The molecule has 3 rings (SSSR count). The van der Waals surface area contributed by atoms with Gasteiger partial charge in [-0.1, -0.05) is 42.5 Å². The van der Waals surface area contributed by atoms with Crippen molar-refractivity contribution in [2.45, 2.75) is 37.8 Å². The summed E-state index contributed by atoms with van der Waals surface area (Å²) in [5.41, 5.74) is 2.04. The monoisotopic (exact) mass is 327 g/mol. The molecule has 2 aromatic rings. The first kappa shape index (κ1) is 16.7. The van der Waals surface area contributed by atoms with Crippen molar-refractivity contribution in [2.24, 2.45) is 5.92 Å². The van der Waals surface area contributed by atoms with Crippen molar-refractivity contribution >= 4 is 5.91 Å². The Morgan fingerprint density at radius 3 is 2.54 bits per heavy atom. The molecule has 0 spiro atoms. The molecule has 2 N–H and O–H groups in total. The second kappa shape index (κ2) is 7.14. The molecule has 0 heterocycles. The zero-order chi connectivity index (χ0) is 17.1. The topological polar surface area (TPSA) is 49.3 Å². The lowest BCUT2D eigenvalue weighted by Crippen LogP contribution is -2.42. The van der Waals surface area contributed by atoms with Crippen LogP contribution in [0.2, 0.25) is 0 Å². The van der Waals surface area contributed by atoms with Crippen LogP contribution in [0.5, 0.6) is 0 Å². The molecule has 1 fully saturated rings. The molecule has 0 saturated heterocycles. The summed E-state index contributed by atoms with van der Waals surface area (Å²) in [6.07, 6.45) is 0.659. The molecule has 2 aromatic carbocycles. The van der Waals surface area contributed by atoms with Gasteiger partial charge in [0.25, 0.3) is 0 Å². The van der Waals surface area contributed by atoms with Gasteiger partial charge in [-0.3, -0.25) is 4.79 Å². The molecule has 0 radical (unpaired) electrons. The summed E-state index contributed by atoms with van der Waals surface area (Å²) >= 11 is 0. The van der Waals surface area contributed by atoms with E-state index in [0.717, 1.165) is 17.5 Å². The minimum atomic E-state index is -0.626. The van der Waals surface area contributed by atoms with Crippen molar-refractivity contribution in [3.63, 3.8) is 0 Å². The lowest BCUT2D eigenvalue weighted by Gasteiger charge is -2.20. The molecule has 1 aliphatic rings. The molecule has 4 atom stereocenters. The number of benzene rings is 2. The predicted octanol–water partition coefficient (Wildman–Crippen LogP) is 3.04. The largest absolute Gasteiger partial charge is 0.391 e. The maximum absolute atomic E-state index is 13.0. The van der Waals surface area contributed by atoms with Gasteiger partial charge in [0, 0.05) is 12.3 Å². The van der Waals surface area contributed by atoms with E-state index in [1.807, 2.05) is 37.3 Å². The molecule has 126 valence electrons. The number of amides is 1. The van der Waals surface area contributed by atoms with E-state index < -0.39 is 6.10 Å². The van der Waals surface area contributed by atoms with Crippen LogP contribution >= 0.6 is 0 Å². The summed E-state index contributed by atoms with van der Waals surface area (Å²) in [6.45, 7) is 1.82. The first-order chi connectivity index (χ1) is 11.5. The number of carbonyl (C=O) groups is 1. The maximum atomic E-state index is 13.0. The average Bonchev–Trinajstić information content (AvgIpc) is 3.37. The zero-order valence-corrected chi connectivity index (χ0v) is 13.7. The predicted molar refractivity (Wildman–Crippen MR) is 91.0 cm³/mol. The van der Waals surface area contributed by atoms with Gasteiger partial charge in [-0.05, 0) is 42.5 Å². The summed E-state index contributed by atoms with van der Waals surface area (Å²) in [7, 11) is 0. The van der Waals surface area contributed by atoms with E-state index in [1.54, 1.807) is 12.1 Å². The van der Waals surface area contributed by atoms with Crippen LogP contribution in [0.15, 0.2) is 54.6 Å². The summed E-state index contributed by atoms with van der Waals surface area (Å²) in [5.74, 6) is -0.229. The van der Waals surface area contributed by atoms with Crippen LogP contribution in [0, 0.1) is 11.7 Å². The van der Waals surface area contributed by atoms with E-state index in [-0.39, 0.29) is 29.6 Å². The highest BCUT2D eigenvalue weighted by molar-refractivity contribution is 5.83. The first-order valence-corrected chi connectivity index (χ1v) is 8.32. The minimum absolute atomic E-state index is 0.0380. The van der Waals surface area contributed by atoms with Gasteiger partial charge >= 0.3 is 0 Å². The summed E-state index contributed by atoms with van der Waals surface area (Å²) < 4.78 is 13.0. The van der Waals surface area contributed by atoms with Crippen molar-refractivity contribution in [1.82, 2.24) is 5.32 Å². The molecule has 0 bridgehead atoms. The number of rotatable bonds is 6. The second-order valence-corrected chi connectivity index (χ2v) is 6.55. The Morgan fingerprint density at radius 2 is 1.88 bits per heavy atom. The molecule has 0 aromatic heterocycles. The van der Waals surface area contributed by atoms with Gasteiger partial charge in [0.05, 0.1) is 12.1 Å². The highest BCUT2D eigenvalue weighted by Gasteiger charge is 2.44.